The summed E-state index contributed by atoms with van der Waals surface area (Å²) in [5.74, 6) is 0.548. The van der Waals surface area contributed by atoms with Crippen LogP contribution in [0.2, 0.25) is 5.02 Å². The van der Waals surface area contributed by atoms with Gasteiger partial charge in [-0.25, -0.2) is 8.42 Å². The van der Waals surface area contributed by atoms with Gasteiger partial charge < -0.3 is 5.73 Å². The van der Waals surface area contributed by atoms with Crippen molar-refractivity contribution >= 4 is 21.6 Å². The second-order valence-corrected chi connectivity index (χ2v) is 7.60. The summed E-state index contributed by atoms with van der Waals surface area (Å²) in [5, 5.41) is 0.490. The van der Waals surface area contributed by atoms with Gasteiger partial charge in [0.15, 0.2) is 0 Å². The monoisotopic (exact) mass is 316 g/mol. The molecule has 1 aliphatic heterocycles. The highest BCUT2D eigenvalue weighted by Gasteiger charge is 2.30. The van der Waals surface area contributed by atoms with Gasteiger partial charge in [0.25, 0.3) is 0 Å². The van der Waals surface area contributed by atoms with E-state index in [9.17, 15) is 8.42 Å². The molecular weight excluding hydrogens is 296 g/mol. The number of nitrogens with zero attached hydrogens (tertiary/aromatic N) is 1. The van der Waals surface area contributed by atoms with Crippen LogP contribution in [0.4, 0.5) is 0 Å². The van der Waals surface area contributed by atoms with Crippen molar-refractivity contribution in [3.8, 4) is 0 Å². The van der Waals surface area contributed by atoms with E-state index in [1.54, 1.807) is 29.4 Å². The number of hydrogen-bond acceptors (Lipinski definition) is 3. The highest BCUT2D eigenvalue weighted by Crippen LogP contribution is 2.29. The molecule has 0 amide bonds. The minimum atomic E-state index is -3.44. The van der Waals surface area contributed by atoms with Crippen molar-refractivity contribution in [3.05, 3.63) is 28.8 Å². The topological polar surface area (TPSA) is 63.4 Å². The lowest BCUT2D eigenvalue weighted by Crippen LogP contribution is -2.39. The summed E-state index contributed by atoms with van der Waals surface area (Å²) in [5.41, 5.74) is 6.18. The van der Waals surface area contributed by atoms with Crippen LogP contribution in [-0.2, 0) is 10.0 Å². The van der Waals surface area contributed by atoms with Gasteiger partial charge in [0, 0.05) is 18.1 Å². The van der Waals surface area contributed by atoms with Gasteiger partial charge in [0.1, 0.15) is 0 Å². The molecule has 1 aromatic carbocycles. The van der Waals surface area contributed by atoms with E-state index in [4.69, 9.17) is 17.3 Å². The summed E-state index contributed by atoms with van der Waals surface area (Å²) in [7, 11) is -3.44. The first kappa shape index (κ1) is 15.8. The van der Waals surface area contributed by atoms with E-state index >= 15 is 0 Å². The van der Waals surface area contributed by atoms with Crippen LogP contribution in [0.25, 0.3) is 0 Å². The number of benzene rings is 1. The molecule has 0 aromatic heterocycles. The van der Waals surface area contributed by atoms with Crippen molar-refractivity contribution in [2.24, 2.45) is 11.7 Å². The Balaban J connectivity index is 2.18. The van der Waals surface area contributed by atoms with Crippen molar-refractivity contribution < 1.29 is 8.42 Å². The summed E-state index contributed by atoms with van der Waals surface area (Å²) in [4.78, 5) is 0.322. The number of nitrogens with two attached hydrogens (primary N) is 1. The fourth-order valence-corrected chi connectivity index (χ4v) is 4.63. The van der Waals surface area contributed by atoms with Crippen LogP contribution in [0.5, 0.6) is 0 Å². The van der Waals surface area contributed by atoms with Gasteiger partial charge in [-0.3, -0.25) is 0 Å². The zero-order valence-corrected chi connectivity index (χ0v) is 13.3. The third-order valence-corrected chi connectivity index (χ3v) is 6.44. The summed E-state index contributed by atoms with van der Waals surface area (Å²) in [6.07, 6.45) is 2.75. The predicted octanol–water partition coefficient (Wildman–Crippen LogP) is 2.40. The van der Waals surface area contributed by atoms with Gasteiger partial charge in [-0.15, -0.1) is 0 Å². The molecule has 20 heavy (non-hydrogen) atoms. The predicted molar refractivity (Wildman–Crippen MR) is 81.3 cm³/mol. The summed E-state index contributed by atoms with van der Waals surface area (Å²) in [6, 6.07) is 5.02. The minimum absolute atomic E-state index is 0.322. The van der Waals surface area contributed by atoms with E-state index in [0.29, 0.717) is 41.0 Å². The first-order valence-electron chi connectivity index (χ1n) is 6.92. The Kier molecular flexibility index (Phi) is 5.07. The lowest BCUT2D eigenvalue weighted by molar-refractivity contribution is 0.265. The van der Waals surface area contributed by atoms with Gasteiger partial charge in [0.05, 0.1) is 4.90 Å². The fraction of sp³-hybridized carbons (Fsp3) is 0.571. The second-order valence-electron chi connectivity index (χ2n) is 5.29. The van der Waals surface area contributed by atoms with Crippen molar-refractivity contribution in [1.82, 2.24) is 4.31 Å². The van der Waals surface area contributed by atoms with E-state index in [1.807, 2.05) is 0 Å². The van der Waals surface area contributed by atoms with E-state index in [-0.39, 0.29) is 0 Å². The average molecular weight is 317 g/mol. The first-order valence-corrected chi connectivity index (χ1v) is 8.74. The SMILES string of the molecule is Cc1c(Cl)cccc1S(=O)(=O)N1CCC(CCN)CC1. The maximum atomic E-state index is 12.7. The molecule has 1 aromatic rings. The summed E-state index contributed by atoms with van der Waals surface area (Å²) in [6.45, 7) is 3.55. The third-order valence-electron chi connectivity index (χ3n) is 3.98. The quantitative estimate of drug-likeness (QED) is 0.927. The molecule has 0 bridgehead atoms. The minimum Gasteiger partial charge on any atom is -0.330 e. The first-order chi connectivity index (χ1) is 9.46. The van der Waals surface area contributed by atoms with Crippen LogP contribution >= 0.6 is 11.6 Å². The van der Waals surface area contributed by atoms with E-state index in [0.717, 1.165) is 19.3 Å². The molecule has 112 valence electrons. The molecule has 0 saturated carbocycles. The molecule has 0 unspecified atom stereocenters. The van der Waals surface area contributed by atoms with E-state index in [2.05, 4.69) is 0 Å². The van der Waals surface area contributed by atoms with Crippen molar-refractivity contribution in [2.75, 3.05) is 19.6 Å². The van der Waals surface area contributed by atoms with Crippen molar-refractivity contribution in [2.45, 2.75) is 31.1 Å². The highest BCUT2D eigenvalue weighted by atomic mass is 35.5. The van der Waals surface area contributed by atoms with Crippen molar-refractivity contribution in [3.63, 3.8) is 0 Å². The maximum Gasteiger partial charge on any atom is 0.243 e. The van der Waals surface area contributed by atoms with E-state index in [1.165, 1.54) is 0 Å². The normalized spacial score (nSPS) is 18.4. The zero-order valence-electron chi connectivity index (χ0n) is 11.7. The van der Waals surface area contributed by atoms with Crippen LogP contribution in [0.1, 0.15) is 24.8 Å². The number of rotatable bonds is 4. The standard InChI is InChI=1S/C14H21ClN2O2S/c1-11-13(15)3-2-4-14(11)20(18,19)17-9-6-12(5-8-16)7-10-17/h2-4,12H,5-10,16H2,1H3. The molecular formula is C14H21ClN2O2S. The van der Waals surface area contributed by atoms with Gasteiger partial charge in [-0.1, -0.05) is 17.7 Å². The number of halogens is 1. The Morgan fingerprint density at radius 1 is 1.35 bits per heavy atom. The fourth-order valence-electron chi connectivity index (χ4n) is 2.68. The smallest absolute Gasteiger partial charge is 0.243 e. The second kappa shape index (κ2) is 6.43. The maximum absolute atomic E-state index is 12.7. The molecule has 0 aliphatic carbocycles. The van der Waals surface area contributed by atoms with Crippen LogP contribution in [0.3, 0.4) is 0 Å². The Morgan fingerprint density at radius 2 is 2.00 bits per heavy atom. The molecule has 1 heterocycles. The molecule has 2 N–H and O–H groups in total. The molecule has 0 radical (unpaired) electrons. The highest BCUT2D eigenvalue weighted by molar-refractivity contribution is 7.89. The molecule has 6 heteroatoms. The van der Waals surface area contributed by atoms with Gasteiger partial charge in [-0.05, 0) is 56.3 Å². The lowest BCUT2D eigenvalue weighted by atomic mass is 9.95. The van der Waals surface area contributed by atoms with Gasteiger partial charge in [-0.2, -0.15) is 4.31 Å². The molecule has 1 aliphatic rings. The largest absolute Gasteiger partial charge is 0.330 e. The number of sulfonamides is 1. The molecule has 0 spiro atoms. The summed E-state index contributed by atoms with van der Waals surface area (Å²) < 4.78 is 26.9. The van der Waals surface area contributed by atoms with Gasteiger partial charge >= 0.3 is 0 Å². The van der Waals surface area contributed by atoms with Crippen LogP contribution in [0, 0.1) is 12.8 Å². The zero-order chi connectivity index (χ0) is 14.8. The average Bonchev–Trinajstić information content (AvgIpc) is 2.42. The van der Waals surface area contributed by atoms with E-state index < -0.39 is 10.0 Å². The molecule has 4 nitrogen and oxygen atoms in total. The third kappa shape index (κ3) is 3.17. The molecule has 2 rings (SSSR count). The van der Waals surface area contributed by atoms with Crippen molar-refractivity contribution in [1.29, 1.82) is 0 Å². The van der Waals surface area contributed by atoms with Crippen LogP contribution in [-0.4, -0.2) is 32.4 Å². The Hall–Kier alpha value is -0.620. The number of piperidine rings is 1. The van der Waals surface area contributed by atoms with Crippen LogP contribution < -0.4 is 5.73 Å². The Labute approximate surface area is 126 Å². The molecule has 1 saturated heterocycles. The summed E-state index contributed by atoms with van der Waals surface area (Å²) >= 11 is 6.03. The molecule has 0 atom stereocenters. The Morgan fingerprint density at radius 3 is 2.60 bits per heavy atom. The van der Waals surface area contributed by atoms with Gasteiger partial charge in [0.2, 0.25) is 10.0 Å². The lowest BCUT2D eigenvalue weighted by Gasteiger charge is -2.31. The molecule has 1 fully saturated rings. The number of hydrogen-bond donors (Lipinski definition) is 1. The van der Waals surface area contributed by atoms with Crippen LogP contribution in [0.15, 0.2) is 23.1 Å². The Bertz CT molecular complexity index is 567.